The predicted octanol–water partition coefficient (Wildman–Crippen LogP) is 17.5. The van der Waals surface area contributed by atoms with E-state index in [4.69, 9.17) is 23.3 Å². The Hall–Kier alpha value is -3.34. The maximum absolute atomic E-state index is 12.9. The molecular weight excluding hydrogens is 952 g/mol. The summed E-state index contributed by atoms with van der Waals surface area (Å²) in [7, 11) is -4.77. The SMILES string of the molecule is CC/C=C\C/C=C\C/C=C\C/C=C\CCC(=O)OCC(COP(=O)(O)OCC(CO)OC(=O)CCCCCCCCCCCCCCCCCCC)OC(=O)CCCCCCCCC/C=C\C/C=C\C/C=C\CC. The summed E-state index contributed by atoms with van der Waals surface area (Å²) in [5.74, 6) is -1.57. The topological polar surface area (TPSA) is 155 Å². The van der Waals surface area contributed by atoms with E-state index in [0.29, 0.717) is 19.3 Å². The molecule has 0 bridgehead atoms. The second-order valence-corrected chi connectivity index (χ2v) is 20.9. The van der Waals surface area contributed by atoms with Gasteiger partial charge in [0.15, 0.2) is 6.10 Å². The van der Waals surface area contributed by atoms with Gasteiger partial charge in [-0.25, -0.2) is 4.57 Å². The molecule has 426 valence electrons. The minimum Gasteiger partial charge on any atom is -0.462 e. The van der Waals surface area contributed by atoms with E-state index in [1.165, 1.54) is 83.5 Å². The van der Waals surface area contributed by atoms with Gasteiger partial charge in [0, 0.05) is 19.3 Å². The van der Waals surface area contributed by atoms with E-state index < -0.39 is 57.8 Å². The van der Waals surface area contributed by atoms with Gasteiger partial charge in [0.1, 0.15) is 12.7 Å². The quantitative estimate of drug-likeness (QED) is 0.0197. The van der Waals surface area contributed by atoms with E-state index in [9.17, 15) is 28.9 Å². The van der Waals surface area contributed by atoms with Gasteiger partial charge in [0.2, 0.25) is 0 Å². The minimum absolute atomic E-state index is 0.101. The number of carbonyl (C=O) groups excluding carboxylic acids is 3. The minimum atomic E-state index is -4.77. The van der Waals surface area contributed by atoms with Crippen molar-refractivity contribution >= 4 is 25.7 Å². The number of aliphatic hydroxyl groups excluding tert-OH is 1. The van der Waals surface area contributed by atoms with Crippen LogP contribution in [0.25, 0.3) is 0 Å². The highest BCUT2D eigenvalue weighted by Gasteiger charge is 2.28. The number of hydrogen-bond donors (Lipinski definition) is 2. The molecular formula is C62H107O11P. The predicted molar refractivity (Wildman–Crippen MR) is 307 cm³/mol. The van der Waals surface area contributed by atoms with Crippen LogP contribution in [0.5, 0.6) is 0 Å². The summed E-state index contributed by atoms with van der Waals surface area (Å²) in [4.78, 5) is 48.5. The summed E-state index contributed by atoms with van der Waals surface area (Å²) >= 11 is 0. The molecule has 0 rings (SSSR count). The molecule has 3 atom stereocenters. The Morgan fingerprint density at radius 1 is 0.392 bits per heavy atom. The van der Waals surface area contributed by atoms with Crippen molar-refractivity contribution in [2.75, 3.05) is 26.4 Å². The number of phosphoric ester groups is 1. The first-order chi connectivity index (χ1) is 36.2. The van der Waals surface area contributed by atoms with Crippen LogP contribution in [0, 0.1) is 0 Å². The first-order valence-electron chi connectivity index (χ1n) is 29.5. The number of rotatable bonds is 54. The average Bonchev–Trinajstić information content (AvgIpc) is 3.39. The van der Waals surface area contributed by atoms with Crippen molar-refractivity contribution in [3.05, 3.63) is 85.1 Å². The Balaban J connectivity index is 4.74. The van der Waals surface area contributed by atoms with Crippen LogP contribution < -0.4 is 0 Å². The fourth-order valence-electron chi connectivity index (χ4n) is 7.91. The highest BCUT2D eigenvalue weighted by atomic mass is 31.2. The normalized spacial score (nSPS) is 14.0. The third kappa shape index (κ3) is 53.5. The van der Waals surface area contributed by atoms with Crippen molar-refractivity contribution in [2.24, 2.45) is 0 Å². The molecule has 0 aliphatic heterocycles. The van der Waals surface area contributed by atoms with E-state index in [-0.39, 0.29) is 25.9 Å². The Morgan fingerprint density at radius 2 is 0.730 bits per heavy atom. The molecule has 11 nitrogen and oxygen atoms in total. The summed E-state index contributed by atoms with van der Waals surface area (Å²) in [6.45, 7) is 4.35. The number of phosphoric acid groups is 1. The molecule has 0 spiro atoms. The highest BCUT2D eigenvalue weighted by molar-refractivity contribution is 7.47. The smallest absolute Gasteiger partial charge is 0.462 e. The average molecular weight is 1060 g/mol. The van der Waals surface area contributed by atoms with Crippen LogP contribution in [0.1, 0.15) is 252 Å². The first-order valence-corrected chi connectivity index (χ1v) is 31.0. The van der Waals surface area contributed by atoms with Crippen LogP contribution in [-0.2, 0) is 42.2 Å². The van der Waals surface area contributed by atoms with E-state index >= 15 is 0 Å². The monoisotopic (exact) mass is 1060 g/mol. The molecule has 12 heteroatoms. The maximum Gasteiger partial charge on any atom is 0.472 e. The van der Waals surface area contributed by atoms with Crippen LogP contribution in [0.15, 0.2) is 85.1 Å². The number of hydrogen-bond acceptors (Lipinski definition) is 10. The van der Waals surface area contributed by atoms with Crippen LogP contribution >= 0.6 is 7.82 Å². The van der Waals surface area contributed by atoms with Crippen LogP contribution in [-0.4, -0.2) is 66.5 Å². The highest BCUT2D eigenvalue weighted by Crippen LogP contribution is 2.43. The molecule has 0 saturated carbocycles. The molecule has 0 heterocycles. The molecule has 0 aliphatic rings. The second-order valence-electron chi connectivity index (χ2n) is 19.4. The third-order valence-corrected chi connectivity index (χ3v) is 13.3. The van der Waals surface area contributed by atoms with Gasteiger partial charge in [-0.05, 0) is 77.0 Å². The largest absolute Gasteiger partial charge is 0.472 e. The summed E-state index contributed by atoms with van der Waals surface area (Å²) in [6.07, 6.45) is 64.2. The zero-order valence-corrected chi connectivity index (χ0v) is 47.9. The van der Waals surface area contributed by atoms with E-state index in [2.05, 4.69) is 93.7 Å². The zero-order chi connectivity index (χ0) is 54.1. The van der Waals surface area contributed by atoms with Crippen LogP contribution in [0.3, 0.4) is 0 Å². The standard InChI is InChI=1S/C62H107O11P/c1-4-7-10-13-16-19-22-25-27-29-31-34-37-40-43-46-49-52-61(65)72-58(54-63)56-70-74(67,68)71-57-59(55-69-60(64)51-48-45-42-39-36-33-24-21-18-15-12-9-6-3)73-62(66)53-50-47-44-41-38-35-32-30-28-26-23-20-17-14-11-8-5-2/h8-9,11-12,17-18,20-21,26,28,33,36,42,45,58-59,63H,4-7,10,13-16,19,22-25,27,29-32,34-35,37-41,43-44,46-57H2,1-3H3,(H,67,68)/b11-8-,12-9-,20-17-,21-18-,28-26-,36-33-,45-42-. The van der Waals surface area contributed by atoms with Crippen LogP contribution in [0.4, 0.5) is 0 Å². The van der Waals surface area contributed by atoms with Crippen molar-refractivity contribution in [3.63, 3.8) is 0 Å². The van der Waals surface area contributed by atoms with Gasteiger partial charge in [-0.15, -0.1) is 0 Å². The molecule has 0 aliphatic carbocycles. The summed E-state index contributed by atoms with van der Waals surface area (Å²) < 4.78 is 39.5. The van der Waals surface area contributed by atoms with E-state index in [0.717, 1.165) is 109 Å². The number of allylic oxidation sites excluding steroid dienone is 14. The van der Waals surface area contributed by atoms with Gasteiger partial charge in [0.05, 0.1) is 19.8 Å². The maximum atomic E-state index is 12.9. The van der Waals surface area contributed by atoms with E-state index in [1.807, 2.05) is 12.2 Å². The lowest BCUT2D eigenvalue weighted by Gasteiger charge is -2.21. The van der Waals surface area contributed by atoms with Gasteiger partial charge < -0.3 is 24.2 Å². The molecule has 0 radical (unpaired) electrons. The molecule has 74 heavy (non-hydrogen) atoms. The number of carbonyl (C=O) groups is 3. The van der Waals surface area contributed by atoms with Gasteiger partial charge >= 0.3 is 25.7 Å². The van der Waals surface area contributed by atoms with Gasteiger partial charge in [-0.3, -0.25) is 23.4 Å². The Kier molecular flexibility index (Phi) is 53.4. The van der Waals surface area contributed by atoms with Crippen LogP contribution in [0.2, 0.25) is 0 Å². The lowest BCUT2D eigenvalue weighted by Crippen LogP contribution is -2.30. The third-order valence-electron chi connectivity index (χ3n) is 12.3. The van der Waals surface area contributed by atoms with Gasteiger partial charge in [0.25, 0.3) is 0 Å². The molecule has 3 unspecified atom stereocenters. The summed E-state index contributed by atoms with van der Waals surface area (Å²) in [6, 6.07) is 0. The fraction of sp³-hybridized carbons (Fsp3) is 0.726. The molecule has 0 fully saturated rings. The summed E-state index contributed by atoms with van der Waals surface area (Å²) in [5.41, 5.74) is 0. The van der Waals surface area contributed by atoms with Gasteiger partial charge in [-0.2, -0.15) is 0 Å². The number of ether oxygens (including phenoxy) is 3. The van der Waals surface area contributed by atoms with Crippen molar-refractivity contribution in [1.82, 2.24) is 0 Å². The Bertz CT molecular complexity index is 1560. The second kappa shape index (κ2) is 55.9. The number of aliphatic hydroxyl groups is 1. The molecule has 0 aromatic carbocycles. The molecule has 0 amide bonds. The lowest BCUT2D eigenvalue weighted by molar-refractivity contribution is -0.161. The first kappa shape index (κ1) is 70.7. The number of unbranched alkanes of at least 4 members (excludes halogenated alkanes) is 23. The number of esters is 3. The molecule has 0 saturated heterocycles. The summed E-state index contributed by atoms with van der Waals surface area (Å²) in [5, 5.41) is 9.83. The zero-order valence-electron chi connectivity index (χ0n) is 47.0. The van der Waals surface area contributed by atoms with Crippen molar-refractivity contribution in [1.29, 1.82) is 0 Å². The Labute approximate surface area is 451 Å². The molecule has 0 aromatic rings. The fourth-order valence-corrected chi connectivity index (χ4v) is 8.70. The van der Waals surface area contributed by atoms with E-state index in [1.54, 1.807) is 0 Å². The lowest BCUT2D eigenvalue weighted by atomic mass is 10.0. The van der Waals surface area contributed by atoms with Crippen molar-refractivity contribution < 1.29 is 52.2 Å². The Morgan fingerprint density at radius 3 is 1.14 bits per heavy atom. The van der Waals surface area contributed by atoms with Gasteiger partial charge in [-0.1, -0.05) is 241 Å². The molecule has 0 aromatic heterocycles. The molecule has 2 N–H and O–H groups in total. The van der Waals surface area contributed by atoms with Crippen molar-refractivity contribution in [3.8, 4) is 0 Å². The van der Waals surface area contributed by atoms with Crippen molar-refractivity contribution in [2.45, 2.75) is 264 Å².